The minimum atomic E-state index is 0.00401. The van der Waals surface area contributed by atoms with Crippen LogP contribution in [0.15, 0.2) is 82.7 Å². The third-order valence-corrected chi connectivity index (χ3v) is 6.37. The van der Waals surface area contributed by atoms with Crippen molar-refractivity contribution in [2.75, 3.05) is 6.54 Å². The number of ether oxygens (including phenoxy) is 1. The summed E-state index contributed by atoms with van der Waals surface area (Å²) in [7, 11) is 0. The molecule has 0 atom stereocenters. The zero-order valence-corrected chi connectivity index (χ0v) is 20.9. The van der Waals surface area contributed by atoms with E-state index in [1.54, 1.807) is 4.90 Å². The molecule has 0 aliphatic carbocycles. The number of aryl methyl sites for hydroxylation is 2. The number of amidine groups is 1. The molecule has 0 saturated carbocycles. The Morgan fingerprint density at radius 2 is 1.71 bits per heavy atom. The molecule has 1 aliphatic rings. The highest BCUT2D eigenvalue weighted by molar-refractivity contribution is 8.18. The lowest BCUT2D eigenvalue weighted by atomic mass is 10.1. The van der Waals surface area contributed by atoms with Crippen LogP contribution < -0.4 is 4.74 Å². The average molecular weight is 471 g/mol. The van der Waals surface area contributed by atoms with Crippen molar-refractivity contribution in [1.82, 2.24) is 4.90 Å². The summed E-state index contributed by atoms with van der Waals surface area (Å²) in [5.74, 6) is 1.15. The van der Waals surface area contributed by atoms with E-state index >= 15 is 0 Å². The smallest absolute Gasteiger partial charge is 0.266 e. The predicted molar refractivity (Wildman–Crippen MR) is 142 cm³/mol. The van der Waals surface area contributed by atoms with Crippen LogP contribution in [0.5, 0.6) is 5.75 Å². The van der Waals surface area contributed by atoms with E-state index in [0.29, 0.717) is 24.0 Å². The van der Waals surface area contributed by atoms with Crippen LogP contribution in [-0.4, -0.2) is 22.5 Å². The van der Waals surface area contributed by atoms with Gasteiger partial charge in [0.15, 0.2) is 5.17 Å². The minimum Gasteiger partial charge on any atom is -0.489 e. The fraction of sp³-hybridized carbons (Fsp3) is 0.241. The van der Waals surface area contributed by atoms with E-state index in [0.717, 1.165) is 27.7 Å². The summed E-state index contributed by atoms with van der Waals surface area (Å²) in [4.78, 5) is 20.4. The van der Waals surface area contributed by atoms with Crippen molar-refractivity contribution in [3.05, 3.63) is 100.0 Å². The van der Waals surface area contributed by atoms with E-state index in [2.05, 4.69) is 45.9 Å². The van der Waals surface area contributed by atoms with Crippen molar-refractivity contribution < 1.29 is 9.53 Å². The summed E-state index contributed by atoms with van der Waals surface area (Å²) in [6.45, 7) is 9.51. The maximum Gasteiger partial charge on any atom is 0.266 e. The molecule has 1 heterocycles. The SMILES string of the molecule is Cc1ccc(N=C2S/C(=C/c3ccc(OCc4cccc(C)c4)cc3)C(=O)N2CC(C)C)cc1. The molecular formula is C29H30N2O2S. The summed E-state index contributed by atoms with van der Waals surface area (Å²) in [5, 5.41) is 0.729. The van der Waals surface area contributed by atoms with Gasteiger partial charge >= 0.3 is 0 Å². The topological polar surface area (TPSA) is 41.9 Å². The van der Waals surface area contributed by atoms with Crippen molar-refractivity contribution >= 4 is 34.6 Å². The zero-order chi connectivity index (χ0) is 24.1. The van der Waals surface area contributed by atoms with Crippen molar-refractivity contribution in [2.24, 2.45) is 10.9 Å². The Balaban J connectivity index is 1.49. The number of rotatable bonds is 7. The first-order valence-corrected chi connectivity index (χ1v) is 12.3. The molecule has 174 valence electrons. The predicted octanol–water partition coefficient (Wildman–Crippen LogP) is 7.14. The van der Waals surface area contributed by atoms with Gasteiger partial charge in [-0.1, -0.05) is 73.5 Å². The molecular weight excluding hydrogens is 440 g/mol. The second-order valence-electron chi connectivity index (χ2n) is 9.00. The summed E-state index contributed by atoms with van der Waals surface area (Å²) in [5.41, 5.74) is 5.36. The Morgan fingerprint density at radius 3 is 2.38 bits per heavy atom. The van der Waals surface area contributed by atoms with Crippen molar-refractivity contribution in [3.63, 3.8) is 0 Å². The van der Waals surface area contributed by atoms with Gasteiger partial charge in [-0.2, -0.15) is 0 Å². The molecule has 1 saturated heterocycles. The molecule has 3 aromatic rings. The van der Waals surface area contributed by atoms with E-state index in [1.165, 1.54) is 22.9 Å². The maximum absolute atomic E-state index is 13.2. The molecule has 1 aliphatic heterocycles. The molecule has 0 aromatic heterocycles. The molecule has 0 bridgehead atoms. The van der Waals surface area contributed by atoms with E-state index < -0.39 is 0 Å². The van der Waals surface area contributed by atoms with Crippen molar-refractivity contribution in [3.8, 4) is 5.75 Å². The van der Waals surface area contributed by atoms with Crippen LogP contribution in [0.1, 0.15) is 36.1 Å². The van der Waals surface area contributed by atoms with Crippen LogP contribution in [0.4, 0.5) is 5.69 Å². The highest BCUT2D eigenvalue weighted by Gasteiger charge is 2.33. The fourth-order valence-corrected chi connectivity index (χ4v) is 4.64. The third kappa shape index (κ3) is 6.17. The lowest BCUT2D eigenvalue weighted by molar-refractivity contribution is -0.122. The molecule has 3 aromatic carbocycles. The van der Waals surface area contributed by atoms with Gasteiger partial charge in [-0.3, -0.25) is 9.69 Å². The Labute approximate surface area is 206 Å². The number of thioether (sulfide) groups is 1. The highest BCUT2D eigenvalue weighted by Crippen LogP contribution is 2.35. The molecule has 1 fully saturated rings. The number of nitrogens with zero attached hydrogens (tertiary/aromatic N) is 2. The standard InChI is InChI=1S/C29H30N2O2S/c1-20(2)18-31-28(32)27(34-29(31)30-25-12-8-21(3)9-13-25)17-23-10-14-26(15-11-23)33-19-24-7-5-6-22(4)16-24/h5-17,20H,18-19H2,1-4H3/b27-17+,30-29?. The average Bonchev–Trinajstić information content (AvgIpc) is 3.08. The Kier molecular flexibility index (Phi) is 7.53. The van der Waals surface area contributed by atoms with Crippen LogP contribution in [0.2, 0.25) is 0 Å². The second kappa shape index (κ2) is 10.7. The lowest BCUT2D eigenvalue weighted by Crippen LogP contribution is -2.32. The van der Waals surface area contributed by atoms with E-state index in [-0.39, 0.29) is 5.91 Å². The van der Waals surface area contributed by atoms with Crippen molar-refractivity contribution in [1.29, 1.82) is 0 Å². The molecule has 4 nitrogen and oxygen atoms in total. The number of benzene rings is 3. The van der Waals surface area contributed by atoms with Crippen LogP contribution in [0.3, 0.4) is 0 Å². The number of carbonyl (C=O) groups is 1. The summed E-state index contributed by atoms with van der Waals surface area (Å²) >= 11 is 1.43. The fourth-order valence-electron chi connectivity index (χ4n) is 3.63. The number of aliphatic imine (C=N–C) groups is 1. The first-order chi connectivity index (χ1) is 16.4. The van der Waals surface area contributed by atoms with Gasteiger partial charge in [0.1, 0.15) is 12.4 Å². The molecule has 4 rings (SSSR count). The van der Waals surface area contributed by atoms with E-state index in [9.17, 15) is 4.79 Å². The maximum atomic E-state index is 13.2. The van der Waals surface area contributed by atoms with E-state index in [1.807, 2.05) is 60.7 Å². The molecule has 5 heteroatoms. The van der Waals surface area contributed by atoms with Gasteiger partial charge in [0, 0.05) is 6.54 Å². The van der Waals surface area contributed by atoms with Crippen LogP contribution in [-0.2, 0) is 11.4 Å². The van der Waals surface area contributed by atoms with Gasteiger partial charge in [0.05, 0.1) is 10.6 Å². The summed E-state index contributed by atoms with van der Waals surface area (Å²) in [6.07, 6.45) is 1.93. The zero-order valence-electron chi connectivity index (χ0n) is 20.1. The molecule has 0 N–H and O–H groups in total. The van der Waals surface area contributed by atoms with Gasteiger partial charge in [0.2, 0.25) is 0 Å². The largest absolute Gasteiger partial charge is 0.489 e. The number of hydrogen-bond acceptors (Lipinski definition) is 4. The second-order valence-corrected chi connectivity index (χ2v) is 10.0. The van der Waals surface area contributed by atoms with Gasteiger partial charge in [-0.05, 0) is 73.0 Å². The van der Waals surface area contributed by atoms with Crippen LogP contribution in [0.25, 0.3) is 6.08 Å². The highest BCUT2D eigenvalue weighted by atomic mass is 32.2. The van der Waals surface area contributed by atoms with Crippen LogP contribution >= 0.6 is 11.8 Å². The van der Waals surface area contributed by atoms with Crippen LogP contribution in [0, 0.1) is 19.8 Å². The first kappa shape index (κ1) is 23.8. The Morgan fingerprint density at radius 1 is 0.971 bits per heavy atom. The Bertz CT molecular complexity index is 1210. The normalized spacial score (nSPS) is 16.1. The summed E-state index contributed by atoms with van der Waals surface area (Å²) < 4.78 is 5.93. The monoisotopic (exact) mass is 470 g/mol. The van der Waals surface area contributed by atoms with Gasteiger partial charge in [-0.25, -0.2) is 4.99 Å². The van der Waals surface area contributed by atoms with Gasteiger partial charge in [0.25, 0.3) is 5.91 Å². The van der Waals surface area contributed by atoms with E-state index in [4.69, 9.17) is 9.73 Å². The quantitative estimate of drug-likeness (QED) is 0.345. The number of carbonyl (C=O) groups excluding carboxylic acids is 1. The number of amides is 1. The first-order valence-electron chi connectivity index (χ1n) is 11.5. The minimum absolute atomic E-state index is 0.00401. The Hall–Kier alpha value is -3.31. The third-order valence-electron chi connectivity index (χ3n) is 5.36. The summed E-state index contributed by atoms with van der Waals surface area (Å²) in [6, 6.07) is 24.2. The van der Waals surface area contributed by atoms with Gasteiger partial charge < -0.3 is 4.74 Å². The molecule has 0 spiro atoms. The molecule has 0 unspecified atom stereocenters. The molecule has 34 heavy (non-hydrogen) atoms. The van der Waals surface area contributed by atoms with Crippen molar-refractivity contribution in [2.45, 2.75) is 34.3 Å². The lowest BCUT2D eigenvalue weighted by Gasteiger charge is -2.17. The van der Waals surface area contributed by atoms with Gasteiger partial charge in [-0.15, -0.1) is 0 Å². The molecule has 0 radical (unpaired) electrons. The molecule has 1 amide bonds. The number of hydrogen-bond donors (Lipinski definition) is 0.